The molecule has 1 heteroatoms. The summed E-state index contributed by atoms with van der Waals surface area (Å²) in [6.07, 6.45) is 2.91. The van der Waals surface area contributed by atoms with E-state index < -0.39 is 0 Å². The number of Topliss-reactive ketones (excluding diaryl/α,β-unsaturated/α-hetero) is 1. The monoisotopic (exact) mass is 212 g/mol. The van der Waals surface area contributed by atoms with E-state index in [1.807, 2.05) is 0 Å². The standard InChI is InChI=1S/C14H28O/c1-11(14(5,6)7)12(15)9-8-10-13(2,3)4/h11H,8-10H2,1-7H3. The van der Waals surface area contributed by atoms with E-state index in [2.05, 4.69) is 48.5 Å². The zero-order valence-corrected chi connectivity index (χ0v) is 11.6. The van der Waals surface area contributed by atoms with Gasteiger partial charge in [-0.25, -0.2) is 0 Å². The van der Waals surface area contributed by atoms with Gasteiger partial charge in [-0.1, -0.05) is 48.5 Å². The van der Waals surface area contributed by atoms with Crippen LogP contribution in [-0.2, 0) is 4.79 Å². The number of rotatable bonds is 4. The zero-order chi connectivity index (χ0) is 12.3. The Kier molecular flexibility index (Phi) is 5.02. The first kappa shape index (κ1) is 14.7. The van der Waals surface area contributed by atoms with Crippen LogP contribution in [-0.4, -0.2) is 5.78 Å². The normalized spacial score (nSPS) is 15.1. The lowest BCUT2D eigenvalue weighted by atomic mass is 9.78. The second kappa shape index (κ2) is 5.14. The van der Waals surface area contributed by atoms with Crippen molar-refractivity contribution in [2.45, 2.75) is 67.7 Å². The van der Waals surface area contributed by atoms with Crippen LogP contribution in [0.15, 0.2) is 0 Å². The largest absolute Gasteiger partial charge is 0.299 e. The third-order valence-electron chi connectivity index (χ3n) is 3.13. The van der Waals surface area contributed by atoms with Crippen LogP contribution in [0.1, 0.15) is 67.7 Å². The van der Waals surface area contributed by atoms with Gasteiger partial charge in [0.05, 0.1) is 0 Å². The molecule has 0 saturated carbocycles. The van der Waals surface area contributed by atoms with Crippen molar-refractivity contribution in [1.29, 1.82) is 0 Å². The highest BCUT2D eigenvalue weighted by Crippen LogP contribution is 2.28. The SMILES string of the molecule is CC(C(=O)CCCC(C)(C)C)C(C)(C)C. The van der Waals surface area contributed by atoms with E-state index in [1.165, 1.54) is 0 Å². The van der Waals surface area contributed by atoms with Gasteiger partial charge in [-0.3, -0.25) is 4.79 Å². The van der Waals surface area contributed by atoms with Gasteiger partial charge in [-0.05, 0) is 23.7 Å². The van der Waals surface area contributed by atoms with Crippen LogP contribution in [0.5, 0.6) is 0 Å². The Bertz CT molecular complexity index is 202. The molecule has 0 aliphatic rings. The molecule has 0 aromatic rings. The van der Waals surface area contributed by atoms with Crippen LogP contribution in [0.4, 0.5) is 0 Å². The van der Waals surface area contributed by atoms with Gasteiger partial charge in [-0.2, -0.15) is 0 Å². The van der Waals surface area contributed by atoms with Gasteiger partial charge >= 0.3 is 0 Å². The van der Waals surface area contributed by atoms with E-state index in [0.29, 0.717) is 11.2 Å². The fourth-order valence-corrected chi connectivity index (χ4v) is 1.49. The summed E-state index contributed by atoms with van der Waals surface area (Å²) in [5, 5.41) is 0. The molecule has 0 heterocycles. The lowest BCUT2D eigenvalue weighted by molar-refractivity contribution is -0.125. The predicted octanol–water partition coefficient (Wildman–Crippen LogP) is 4.45. The molecule has 0 aliphatic carbocycles. The van der Waals surface area contributed by atoms with Crippen LogP contribution in [0, 0.1) is 16.7 Å². The van der Waals surface area contributed by atoms with Gasteiger partial charge < -0.3 is 0 Å². The van der Waals surface area contributed by atoms with Crippen LogP contribution >= 0.6 is 0 Å². The van der Waals surface area contributed by atoms with Crippen molar-refractivity contribution in [2.75, 3.05) is 0 Å². The van der Waals surface area contributed by atoms with Crippen molar-refractivity contribution in [1.82, 2.24) is 0 Å². The number of hydrogen-bond donors (Lipinski definition) is 0. The molecule has 0 rings (SSSR count). The number of ketones is 1. The van der Waals surface area contributed by atoms with E-state index in [0.717, 1.165) is 19.3 Å². The van der Waals surface area contributed by atoms with Gasteiger partial charge in [0, 0.05) is 12.3 Å². The van der Waals surface area contributed by atoms with Crippen molar-refractivity contribution < 1.29 is 4.79 Å². The van der Waals surface area contributed by atoms with Crippen LogP contribution < -0.4 is 0 Å². The third kappa shape index (κ3) is 6.70. The van der Waals surface area contributed by atoms with Crippen molar-refractivity contribution in [3.8, 4) is 0 Å². The molecule has 0 aliphatic heterocycles. The zero-order valence-electron chi connectivity index (χ0n) is 11.6. The van der Waals surface area contributed by atoms with Crippen LogP contribution in [0.2, 0.25) is 0 Å². The number of carbonyl (C=O) groups excluding carboxylic acids is 1. The molecule has 0 radical (unpaired) electrons. The Morgan fingerprint density at radius 1 is 1.07 bits per heavy atom. The fraction of sp³-hybridized carbons (Fsp3) is 0.929. The summed E-state index contributed by atoms with van der Waals surface area (Å²) in [5.41, 5.74) is 0.462. The van der Waals surface area contributed by atoms with Crippen molar-refractivity contribution in [2.24, 2.45) is 16.7 Å². The van der Waals surface area contributed by atoms with Gasteiger partial charge in [0.25, 0.3) is 0 Å². The quantitative estimate of drug-likeness (QED) is 0.672. The van der Waals surface area contributed by atoms with Gasteiger partial charge in [0.15, 0.2) is 0 Å². The minimum absolute atomic E-state index is 0.110. The average molecular weight is 212 g/mol. The minimum atomic E-state index is 0.110. The van der Waals surface area contributed by atoms with Gasteiger partial charge in [-0.15, -0.1) is 0 Å². The molecule has 0 amide bonds. The summed E-state index contributed by atoms with van der Waals surface area (Å²) in [5.74, 6) is 0.601. The summed E-state index contributed by atoms with van der Waals surface area (Å²) in [6, 6.07) is 0. The van der Waals surface area contributed by atoms with E-state index in [4.69, 9.17) is 0 Å². The maximum absolute atomic E-state index is 11.9. The van der Waals surface area contributed by atoms with Gasteiger partial charge in [0.2, 0.25) is 0 Å². The maximum Gasteiger partial charge on any atom is 0.136 e. The third-order valence-corrected chi connectivity index (χ3v) is 3.13. The first-order valence-corrected chi connectivity index (χ1v) is 6.07. The van der Waals surface area contributed by atoms with Crippen molar-refractivity contribution in [3.05, 3.63) is 0 Å². The molecule has 15 heavy (non-hydrogen) atoms. The molecule has 0 fully saturated rings. The first-order chi connectivity index (χ1) is 6.54. The molecule has 0 N–H and O–H groups in total. The van der Waals surface area contributed by atoms with Gasteiger partial charge in [0.1, 0.15) is 5.78 Å². The molecule has 1 nitrogen and oxygen atoms in total. The number of hydrogen-bond acceptors (Lipinski definition) is 1. The fourth-order valence-electron chi connectivity index (χ4n) is 1.49. The second-order valence-electron chi connectivity index (χ2n) is 6.97. The average Bonchev–Trinajstić information content (AvgIpc) is 1.98. The Morgan fingerprint density at radius 3 is 1.87 bits per heavy atom. The summed E-state index contributed by atoms with van der Waals surface area (Å²) in [7, 11) is 0. The van der Waals surface area contributed by atoms with E-state index in [1.54, 1.807) is 0 Å². The molecule has 0 aromatic heterocycles. The van der Waals surface area contributed by atoms with Crippen molar-refractivity contribution in [3.63, 3.8) is 0 Å². The molecular formula is C14H28O. The highest BCUT2D eigenvalue weighted by molar-refractivity contribution is 5.81. The van der Waals surface area contributed by atoms with E-state index >= 15 is 0 Å². The maximum atomic E-state index is 11.9. The Balaban J connectivity index is 3.96. The van der Waals surface area contributed by atoms with E-state index in [9.17, 15) is 4.79 Å². The topological polar surface area (TPSA) is 17.1 Å². The number of carbonyl (C=O) groups is 1. The smallest absolute Gasteiger partial charge is 0.136 e. The Morgan fingerprint density at radius 2 is 1.53 bits per heavy atom. The molecule has 0 aromatic carbocycles. The highest BCUT2D eigenvalue weighted by atomic mass is 16.1. The summed E-state index contributed by atoms with van der Waals surface area (Å²) < 4.78 is 0. The Labute approximate surface area is 95.6 Å². The molecule has 0 saturated heterocycles. The van der Waals surface area contributed by atoms with E-state index in [-0.39, 0.29) is 11.3 Å². The summed E-state index contributed by atoms with van der Waals surface area (Å²) >= 11 is 0. The molecule has 0 spiro atoms. The Hall–Kier alpha value is -0.330. The summed E-state index contributed by atoms with van der Waals surface area (Å²) in [4.78, 5) is 11.9. The highest BCUT2D eigenvalue weighted by Gasteiger charge is 2.26. The van der Waals surface area contributed by atoms with Crippen molar-refractivity contribution >= 4 is 5.78 Å². The molecule has 1 unspecified atom stereocenters. The molecular weight excluding hydrogens is 184 g/mol. The predicted molar refractivity (Wildman–Crippen MR) is 66.9 cm³/mol. The molecule has 1 atom stereocenters. The summed E-state index contributed by atoms with van der Waals surface area (Å²) in [6.45, 7) is 15.2. The van der Waals surface area contributed by atoms with Crippen LogP contribution in [0.25, 0.3) is 0 Å². The second-order valence-corrected chi connectivity index (χ2v) is 6.97. The minimum Gasteiger partial charge on any atom is -0.299 e. The lowest BCUT2D eigenvalue weighted by Crippen LogP contribution is -2.25. The lowest BCUT2D eigenvalue weighted by Gasteiger charge is -2.26. The molecule has 0 bridgehead atoms. The van der Waals surface area contributed by atoms with Crippen LogP contribution in [0.3, 0.4) is 0 Å². The molecule has 90 valence electrons. The first-order valence-electron chi connectivity index (χ1n) is 6.07.